The number of benzene rings is 2. The zero-order chi connectivity index (χ0) is 21.3. The van der Waals surface area contributed by atoms with Crippen molar-refractivity contribution in [3.8, 4) is 16.3 Å². The van der Waals surface area contributed by atoms with Crippen molar-refractivity contribution in [1.29, 1.82) is 0 Å². The summed E-state index contributed by atoms with van der Waals surface area (Å²) in [5.74, 6) is -1.04. The molecule has 0 aliphatic carbocycles. The summed E-state index contributed by atoms with van der Waals surface area (Å²) in [4.78, 5) is 28.2. The Morgan fingerprint density at radius 3 is 2.50 bits per heavy atom. The molecule has 0 fully saturated rings. The van der Waals surface area contributed by atoms with Gasteiger partial charge in [-0.05, 0) is 24.1 Å². The van der Waals surface area contributed by atoms with Gasteiger partial charge in [-0.1, -0.05) is 42.5 Å². The lowest BCUT2D eigenvalue weighted by molar-refractivity contribution is -0.124. The SMILES string of the molecule is O=C(COC(=O)c1csc(-c2ccccc2)n1)NCCc1ccc(OC(F)F)cc1. The fraction of sp³-hybridized carbons (Fsp3) is 0.190. The first kappa shape index (κ1) is 21.4. The number of carbonyl (C=O) groups is 2. The highest BCUT2D eigenvalue weighted by molar-refractivity contribution is 7.13. The smallest absolute Gasteiger partial charge is 0.387 e. The topological polar surface area (TPSA) is 77.5 Å². The Bertz CT molecular complexity index is 978. The number of esters is 1. The normalized spacial score (nSPS) is 10.6. The number of alkyl halides is 2. The molecule has 3 rings (SSSR count). The second kappa shape index (κ2) is 10.4. The number of amides is 1. The molecule has 1 N–H and O–H groups in total. The van der Waals surface area contributed by atoms with Gasteiger partial charge >= 0.3 is 12.6 Å². The Hall–Kier alpha value is -3.33. The molecule has 0 unspecified atom stereocenters. The average Bonchev–Trinajstić information content (AvgIpc) is 3.24. The fourth-order valence-corrected chi connectivity index (χ4v) is 3.32. The molecule has 9 heteroatoms. The Morgan fingerprint density at radius 1 is 1.07 bits per heavy atom. The summed E-state index contributed by atoms with van der Waals surface area (Å²) in [5.41, 5.74) is 1.88. The number of hydrogen-bond acceptors (Lipinski definition) is 6. The molecule has 0 radical (unpaired) electrons. The Labute approximate surface area is 175 Å². The molecule has 0 aliphatic rings. The number of nitrogens with zero attached hydrogens (tertiary/aromatic N) is 1. The van der Waals surface area contributed by atoms with Gasteiger partial charge in [0, 0.05) is 17.5 Å². The van der Waals surface area contributed by atoms with Crippen LogP contribution in [0.2, 0.25) is 0 Å². The first-order chi connectivity index (χ1) is 14.5. The highest BCUT2D eigenvalue weighted by Crippen LogP contribution is 2.23. The summed E-state index contributed by atoms with van der Waals surface area (Å²) in [6.45, 7) is -2.98. The molecule has 6 nitrogen and oxygen atoms in total. The third-order valence-corrected chi connectivity index (χ3v) is 4.84. The minimum atomic E-state index is -2.87. The van der Waals surface area contributed by atoms with Crippen molar-refractivity contribution in [3.05, 3.63) is 71.2 Å². The number of hydrogen-bond donors (Lipinski definition) is 1. The number of rotatable bonds is 9. The van der Waals surface area contributed by atoms with Crippen LogP contribution in [-0.2, 0) is 16.0 Å². The van der Waals surface area contributed by atoms with Crippen LogP contribution < -0.4 is 10.1 Å². The van der Waals surface area contributed by atoms with Crippen molar-refractivity contribution in [3.63, 3.8) is 0 Å². The van der Waals surface area contributed by atoms with E-state index in [2.05, 4.69) is 15.0 Å². The number of carbonyl (C=O) groups excluding carboxylic acids is 2. The number of halogens is 2. The Kier molecular flexibility index (Phi) is 7.45. The van der Waals surface area contributed by atoms with Crippen molar-refractivity contribution in [2.75, 3.05) is 13.2 Å². The zero-order valence-electron chi connectivity index (χ0n) is 15.7. The lowest BCUT2D eigenvalue weighted by atomic mass is 10.1. The fourth-order valence-electron chi connectivity index (χ4n) is 2.52. The van der Waals surface area contributed by atoms with Crippen LogP contribution in [0.3, 0.4) is 0 Å². The van der Waals surface area contributed by atoms with Crippen molar-refractivity contribution < 1.29 is 27.8 Å². The molecule has 0 atom stereocenters. The predicted molar refractivity (Wildman–Crippen MR) is 108 cm³/mol. The van der Waals surface area contributed by atoms with Gasteiger partial charge in [0.05, 0.1) is 0 Å². The van der Waals surface area contributed by atoms with Gasteiger partial charge in [-0.2, -0.15) is 8.78 Å². The van der Waals surface area contributed by atoms with E-state index in [1.807, 2.05) is 30.3 Å². The van der Waals surface area contributed by atoms with Crippen LogP contribution in [0.4, 0.5) is 8.78 Å². The van der Waals surface area contributed by atoms with Gasteiger partial charge in [0.15, 0.2) is 12.3 Å². The highest BCUT2D eigenvalue weighted by Gasteiger charge is 2.14. The summed E-state index contributed by atoms with van der Waals surface area (Å²) >= 11 is 1.32. The van der Waals surface area contributed by atoms with Gasteiger partial charge in [-0.25, -0.2) is 9.78 Å². The van der Waals surface area contributed by atoms with Crippen LogP contribution in [0.1, 0.15) is 16.1 Å². The number of nitrogens with one attached hydrogen (secondary N) is 1. The van der Waals surface area contributed by atoms with E-state index < -0.39 is 25.1 Å². The van der Waals surface area contributed by atoms with Crippen LogP contribution >= 0.6 is 11.3 Å². The predicted octanol–water partition coefficient (Wildman–Crippen LogP) is 3.93. The van der Waals surface area contributed by atoms with Gasteiger partial charge in [-0.15, -0.1) is 11.3 Å². The lowest BCUT2D eigenvalue weighted by Crippen LogP contribution is -2.30. The van der Waals surface area contributed by atoms with Gasteiger partial charge in [0.2, 0.25) is 0 Å². The molecule has 156 valence electrons. The van der Waals surface area contributed by atoms with Crippen LogP contribution in [0.15, 0.2) is 60.0 Å². The second-order valence-corrected chi connectivity index (χ2v) is 6.96. The molecule has 0 saturated carbocycles. The molecule has 2 aromatic carbocycles. The molecule has 30 heavy (non-hydrogen) atoms. The molecule has 0 bridgehead atoms. The molecule has 1 amide bonds. The standard InChI is InChI=1S/C21H18F2N2O4S/c22-21(23)29-16-8-6-14(7-9-16)10-11-24-18(26)12-28-20(27)17-13-30-19(25-17)15-4-2-1-3-5-15/h1-9,13,21H,10-12H2,(H,24,26). The van der Waals surface area contributed by atoms with E-state index in [-0.39, 0.29) is 11.4 Å². The molecule has 1 heterocycles. The van der Waals surface area contributed by atoms with Crippen LogP contribution in [0.5, 0.6) is 5.75 Å². The number of aromatic nitrogens is 1. The summed E-state index contributed by atoms with van der Waals surface area (Å²) in [6, 6.07) is 15.6. The minimum absolute atomic E-state index is 0.0714. The summed E-state index contributed by atoms with van der Waals surface area (Å²) in [6.07, 6.45) is 0.487. The molecular weight excluding hydrogens is 414 g/mol. The van der Waals surface area contributed by atoms with E-state index in [4.69, 9.17) is 4.74 Å². The van der Waals surface area contributed by atoms with Gasteiger partial charge in [0.25, 0.3) is 5.91 Å². The van der Waals surface area contributed by atoms with E-state index in [1.54, 1.807) is 17.5 Å². The van der Waals surface area contributed by atoms with Crippen molar-refractivity contribution >= 4 is 23.2 Å². The average molecular weight is 432 g/mol. The van der Waals surface area contributed by atoms with Crippen LogP contribution in [0, 0.1) is 0 Å². The molecule has 0 saturated heterocycles. The van der Waals surface area contributed by atoms with E-state index in [9.17, 15) is 18.4 Å². The van der Waals surface area contributed by atoms with Crippen molar-refractivity contribution in [2.45, 2.75) is 13.0 Å². The Balaban J connectivity index is 1.39. The summed E-state index contributed by atoms with van der Waals surface area (Å²) < 4.78 is 33.5. The first-order valence-corrected chi connectivity index (χ1v) is 9.88. The molecule has 1 aromatic heterocycles. The van der Waals surface area contributed by atoms with Crippen molar-refractivity contribution in [1.82, 2.24) is 10.3 Å². The van der Waals surface area contributed by atoms with Crippen LogP contribution in [-0.4, -0.2) is 36.6 Å². The third kappa shape index (κ3) is 6.35. The lowest BCUT2D eigenvalue weighted by Gasteiger charge is -2.07. The third-order valence-electron chi connectivity index (χ3n) is 3.95. The Morgan fingerprint density at radius 2 is 1.80 bits per heavy atom. The van der Waals surface area contributed by atoms with Crippen molar-refractivity contribution in [2.24, 2.45) is 0 Å². The maximum Gasteiger partial charge on any atom is 0.387 e. The van der Waals surface area contributed by atoms with Crippen LogP contribution in [0.25, 0.3) is 10.6 Å². The van der Waals surface area contributed by atoms with E-state index in [1.165, 1.54) is 23.5 Å². The quantitative estimate of drug-likeness (QED) is 0.519. The molecule has 0 aliphatic heterocycles. The van der Waals surface area contributed by atoms with Gasteiger partial charge in [0.1, 0.15) is 10.8 Å². The zero-order valence-corrected chi connectivity index (χ0v) is 16.5. The molecule has 0 spiro atoms. The maximum atomic E-state index is 12.1. The largest absolute Gasteiger partial charge is 0.451 e. The van der Waals surface area contributed by atoms with E-state index in [0.29, 0.717) is 18.0 Å². The number of thiazole rings is 1. The second-order valence-electron chi connectivity index (χ2n) is 6.10. The summed E-state index contributed by atoms with van der Waals surface area (Å²) in [7, 11) is 0. The first-order valence-electron chi connectivity index (χ1n) is 9.00. The highest BCUT2D eigenvalue weighted by atomic mass is 32.1. The van der Waals surface area contributed by atoms with E-state index >= 15 is 0 Å². The monoisotopic (exact) mass is 432 g/mol. The van der Waals surface area contributed by atoms with Gasteiger partial charge < -0.3 is 14.8 Å². The maximum absolute atomic E-state index is 12.1. The summed E-state index contributed by atoms with van der Waals surface area (Å²) in [5, 5.41) is 4.91. The number of ether oxygens (including phenoxy) is 2. The minimum Gasteiger partial charge on any atom is -0.451 e. The van der Waals surface area contributed by atoms with Gasteiger partial charge in [-0.3, -0.25) is 4.79 Å². The van der Waals surface area contributed by atoms with E-state index in [0.717, 1.165) is 11.1 Å². The molecule has 3 aromatic rings. The molecular formula is C21H18F2N2O4S.